The summed E-state index contributed by atoms with van der Waals surface area (Å²) in [6.07, 6.45) is 13.6. The minimum absolute atomic E-state index is 0.0849. The molecule has 2 amide bonds. The molecule has 2 saturated heterocycles. The van der Waals surface area contributed by atoms with Crippen LogP contribution in [-0.4, -0.2) is 30.6 Å². The molecule has 1 aromatic rings. The summed E-state index contributed by atoms with van der Waals surface area (Å²) in [5.41, 5.74) is 3.08. The Labute approximate surface area is 234 Å². The number of para-hydroxylation sites is 1. The van der Waals surface area contributed by atoms with Crippen molar-refractivity contribution in [3.05, 3.63) is 42.0 Å². The average Bonchev–Trinajstić information content (AvgIpc) is 3.36. The molecule has 39 heavy (non-hydrogen) atoms. The second kappa shape index (κ2) is 9.34. The molecule has 3 saturated carbocycles. The third kappa shape index (κ3) is 4.04. The predicted octanol–water partition coefficient (Wildman–Crippen LogP) is 7.54. The molecule has 5 fully saturated rings. The van der Waals surface area contributed by atoms with E-state index in [9.17, 15) is 4.79 Å². The van der Waals surface area contributed by atoms with Crippen LogP contribution in [0.4, 0.5) is 10.5 Å². The van der Waals surface area contributed by atoms with Crippen LogP contribution in [0.15, 0.2) is 42.0 Å². The van der Waals surface area contributed by atoms with E-state index in [2.05, 4.69) is 44.4 Å². The lowest BCUT2D eigenvalue weighted by Crippen LogP contribution is -2.53. The van der Waals surface area contributed by atoms with Gasteiger partial charge in [0.05, 0.1) is 12.7 Å². The van der Waals surface area contributed by atoms with E-state index in [0.29, 0.717) is 29.3 Å². The van der Waals surface area contributed by atoms with Crippen LogP contribution >= 0.6 is 0 Å². The van der Waals surface area contributed by atoms with Gasteiger partial charge in [0.1, 0.15) is 0 Å². The number of ether oxygens (including phenoxy) is 2. The molecule has 1 spiro atoms. The summed E-state index contributed by atoms with van der Waals surface area (Å²) in [7, 11) is 0. The van der Waals surface area contributed by atoms with Gasteiger partial charge < -0.3 is 20.1 Å². The van der Waals surface area contributed by atoms with Gasteiger partial charge in [-0.15, -0.1) is 0 Å². The highest BCUT2D eigenvalue weighted by Crippen LogP contribution is 2.70. The Balaban J connectivity index is 1.05. The molecule has 5 nitrogen and oxygen atoms in total. The monoisotopic (exact) mass is 532 g/mol. The van der Waals surface area contributed by atoms with E-state index in [0.717, 1.165) is 49.3 Å². The van der Waals surface area contributed by atoms with Crippen molar-refractivity contribution >= 4 is 11.7 Å². The third-order valence-corrected chi connectivity index (χ3v) is 12.7. The summed E-state index contributed by atoms with van der Waals surface area (Å²) in [6.45, 7) is 10.8. The molecule has 11 atom stereocenters. The molecular weight excluding hydrogens is 484 g/mol. The molecule has 2 heterocycles. The highest BCUT2D eigenvalue weighted by molar-refractivity contribution is 5.89. The lowest BCUT2D eigenvalue weighted by molar-refractivity contribution is -0.272. The standard InChI is InChI=1S/C34H48N2O3/c1-21-12-17-34(38-20-21)22(2)30-29(39-34)19-28-26-11-10-23-18-25(36-31(37)35-24-8-6-5-7-9-24)13-15-32(23,3)27(26)14-16-33(28,30)4/h5-10,21-22,25-30H,11-20H2,1-4H3,(H2,35,36,37)/t21?,22-,25+,26+,27-,28-,29-,30-,32-,33-,34+/m0/s1. The number of carbonyl (C=O) groups is 1. The number of amides is 2. The molecule has 0 aromatic heterocycles. The number of carbonyl (C=O) groups excluding carboxylic acids is 1. The zero-order valence-electron chi connectivity index (χ0n) is 24.4. The molecule has 7 rings (SSSR count). The second-order valence-corrected chi connectivity index (χ2v) is 14.7. The normalized spacial score (nSPS) is 48.4. The molecular formula is C34H48N2O3. The maximum absolute atomic E-state index is 12.7. The van der Waals surface area contributed by atoms with E-state index in [1.807, 2.05) is 30.3 Å². The summed E-state index contributed by atoms with van der Waals surface area (Å²) in [4.78, 5) is 12.7. The Morgan fingerprint density at radius 1 is 1.00 bits per heavy atom. The number of benzene rings is 1. The van der Waals surface area contributed by atoms with E-state index >= 15 is 0 Å². The zero-order valence-corrected chi connectivity index (χ0v) is 24.4. The van der Waals surface area contributed by atoms with Crippen molar-refractivity contribution in [1.82, 2.24) is 5.32 Å². The summed E-state index contributed by atoms with van der Waals surface area (Å²) < 4.78 is 13.5. The Hall–Kier alpha value is -1.85. The minimum Gasteiger partial charge on any atom is -0.349 e. The van der Waals surface area contributed by atoms with E-state index < -0.39 is 0 Å². The van der Waals surface area contributed by atoms with Gasteiger partial charge in [-0.25, -0.2) is 4.79 Å². The molecule has 6 aliphatic rings. The molecule has 1 aromatic carbocycles. The van der Waals surface area contributed by atoms with Crippen molar-refractivity contribution < 1.29 is 14.3 Å². The fourth-order valence-corrected chi connectivity index (χ4v) is 10.7. The SMILES string of the molecule is CC1CC[C@@]2(OC1)O[C@H]1C[C@H]3[C@@H]4CC=C5C[C@H](NC(=O)Nc6ccccc6)CC[C@]5(C)[C@H]4CC[C@]3(C)[C@H]1[C@@H]2C. The molecule has 5 heteroatoms. The van der Waals surface area contributed by atoms with Gasteiger partial charge in [0, 0.05) is 24.1 Å². The summed E-state index contributed by atoms with van der Waals surface area (Å²) in [6, 6.07) is 9.87. The van der Waals surface area contributed by atoms with Crippen molar-refractivity contribution in [2.75, 3.05) is 11.9 Å². The average molecular weight is 533 g/mol. The van der Waals surface area contributed by atoms with Crippen molar-refractivity contribution in [3.63, 3.8) is 0 Å². The smallest absolute Gasteiger partial charge is 0.319 e. The van der Waals surface area contributed by atoms with E-state index in [-0.39, 0.29) is 23.3 Å². The molecule has 2 N–H and O–H groups in total. The van der Waals surface area contributed by atoms with Crippen LogP contribution < -0.4 is 10.6 Å². The first kappa shape index (κ1) is 26.1. The van der Waals surface area contributed by atoms with Crippen molar-refractivity contribution in [1.29, 1.82) is 0 Å². The maximum atomic E-state index is 12.7. The number of anilines is 1. The Morgan fingerprint density at radius 3 is 2.59 bits per heavy atom. The quantitative estimate of drug-likeness (QED) is 0.387. The molecule has 212 valence electrons. The van der Waals surface area contributed by atoms with Gasteiger partial charge in [-0.05, 0) is 104 Å². The highest BCUT2D eigenvalue weighted by atomic mass is 16.7. The van der Waals surface area contributed by atoms with Crippen molar-refractivity contribution in [2.24, 2.45) is 46.3 Å². The summed E-state index contributed by atoms with van der Waals surface area (Å²) in [5, 5.41) is 6.28. The minimum atomic E-state index is -0.323. The van der Waals surface area contributed by atoms with Gasteiger partial charge in [0.2, 0.25) is 0 Å². The Morgan fingerprint density at radius 2 is 1.82 bits per heavy atom. The van der Waals surface area contributed by atoms with Gasteiger partial charge in [-0.3, -0.25) is 0 Å². The van der Waals surface area contributed by atoms with Crippen LogP contribution in [0.25, 0.3) is 0 Å². The van der Waals surface area contributed by atoms with Crippen LogP contribution in [0.3, 0.4) is 0 Å². The molecule has 0 bridgehead atoms. The van der Waals surface area contributed by atoms with Crippen molar-refractivity contribution in [3.8, 4) is 0 Å². The van der Waals surface area contributed by atoms with Crippen LogP contribution in [0.2, 0.25) is 0 Å². The fourth-order valence-electron chi connectivity index (χ4n) is 10.7. The number of nitrogens with one attached hydrogen (secondary N) is 2. The van der Waals surface area contributed by atoms with Gasteiger partial charge in [-0.1, -0.05) is 57.5 Å². The number of urea groups is 1. The first-order valence-corrected chi connectivity index (χ1v) is 15.9. The number of fused-ring (bicyclic) bond motifs is 7. The first-order valence-electron chi connectivity index (χ1n) is 15.9. The number of allylic oxidation sites excluding steroid dienone is 1. The van der Waals surface area contributed by atoms with E-state index in [4.69, 9.17) is 9.47 Å². The number of hydrogen-bond donors (Lipinski definition) is 2. The van der Waals surface area contributed by atoms with Crippen LogP contribution in [0.1, 0.15) is 85.5 Å². The zero-order chi connectivity index (χ0) is 27.0. The van der Waals surface area contributed by atoms with Gasteiger partial charge >= 0.3 is 6.03 Å². The van der Waals surface area contributed by atoms with E-state index in [1.54, 1.807) is 5.57 Å². The molecule has 0 radical (unpaired) electrons. The topological polar surface area (TPSA) is 59.6 Å². The highest BCUT2D eigenvalue weighted by Gasteiger charge is 2.68. The van der Waals surface area contributed by atoms with Crippen LogP contribution in [0.5, 0.6) is 0 Å². The lowest BCUT2D eigenvalue weighted by atomic mass is 9.46. The largest absolute Gasteiger partial charge is 0.349 e. The van der Waals surface area contributed by atoms with E-state index in [1.165, 1.54) is 38.5 Å². The maximum Gasteiger partial charge on any atom is 0.319 e. The lowest BCUT2D eigenvalue weighted by Gasteiger charge is -2.58. The molecule has 4 aliphatic carbocycles. The van der Waals surface area contributed by atoms with Crippen LogP contribution in [-0.2, 0) is 9.47 Å². The van der Waals surface area contributed by atoms with Gasteiger partial charge in [0.15, 0.2) is 5.79 Å². The predicted molar refractivity (Wildman–Crippen MR) is 154 cm³/mol. The van der Waals surface area contributed by atoms with Gasteiger partial charge in [0.25, 0.3) is 0 Å². The Kier molecular flexibility index (Phi) is 6.24. The summed E-state index contributed by atoms with van der Waals surface area (Å²) >= 11 is 0. The molecule has 1 unspecified atom stereocenters. The van der Waals surface area contributed by atoms with Gasteiger partial charge in [-0.2, -0.15) is 0 Å². The second-order valence-electron chi connectivity index (χ2n) is 14.7. The van der Waals surface area contributed by atoms with Crippen LogP contribution in [0, 0.1) is 46.3 Å². The first-order chi connectivity index (χ1) is 18.7. The molecule has 2 aliphatic heterocycles. The van der Waals surface area contributed by atoms with Crippen molar-refractivity contribution in [2.45, 2.75) is 103 Å². The number of rotatable bonds is 2. The number of hydrogen-bond acceptors (Lipinski definition) is 3. The Bertz CT molecular complexity index is 1130. The summed E-state index contributed by atoms with van der Waals surface area (Å²) in [5.74, 6) is 3.69. The fraction of sp³-hybridized carbons (Fsp3) is 0.735. The third-order valence-electron chi connectivity index (χ3n) is 12.7.